The molecule has 0 aromatic heterocycles. The molecular weight excluding hydrogens is 266 g/mol. The van der Waals surface area contributed by atoms with Crippen molar-refractivity contribution in [2.45, 2.75) is 13.3 Å². The van der Waals surface area contributed by atoms with Gasteiger partial charge in [-0.1, -0.05) is 12.1 Å². The van der Waals surface area contributed by atoms with Crippen LogP contribution in [-0.4, -0.2) is 19.1 Å². The smallest absolute Gasteiger partial charge is 0.262 e. The molecule has 0 aliphatic carbocycles. The number of ether oxygens (including phenoxy) is 2. The molecule has 0 radical (unpaired) electrons. The molecule has 4 heteroatoms. The van der Waals surface area contributed by atoms with Crippen molar-refractivity contribution in [1.82, 2.24) is 0 Å². The average molecular weight is 283 g/mol. The lowest BCUT2D eigenvalue weighted by atomic mass is 10.1. The zero-order valence-corrected chi connectivity index (χ0v) is 11.9. The standard InChI is InChI=1S/C17H17NO3/c1-12-3-2-4-15(9-12)21-11-17(19)18-14-5-6-16-13(10-14)7-8-20-16/h2-6,9-10H,7-8,11H2,1H3,(H,18,19). The Balaban J connectivity index is 1.57. The van der Waals surface area contributed by atoms with Crippen LogP contribution in [0.5, 0.6) is 11.5 Å². The van der Waals surface area contributed by atoms with E-state index in [0.717, 1.165) is 29.0 Å². The molecule has 3 rings (SSSR count). The third kappa shape index (κ3) is 3.34. The molecule has 1 N–H and O–H groups in total. The second kappa shape index (κ2) is 5.87. The highest BCUT2D eigenvalue weighted by Crippen LogP contribution is 2.27. The van der Waals surface area contributed by atoms with Gasteiger partial charge in [0.25, 0.3) is 5.91 Å². The Morgan fingerprint density at radius 3 is 3.05 bits per heavy atom. The van der Waals surface area contributed by atoms with Gasteiger partial charge in [-0.25, -0.2) is 0 Å². The van der Waals surface area contributed by atoms with Crippen LogP contribution in [0.2, 0.25) is 0 Å². The van der Waals surface area contributed by atoms with Gasteiger partial charge in [-0.15, -0.1) is 0 Å². The Bertz CT molecular complexity index is 667. The van der Waals surface area contributed by atoms with E-state index in [1.54, 1.807) is 0 Å². The largest absolute Gasteiger partial charge is 0.493 e. The summed E-state index contributed by atoms with van der Waals surface area (Å²) in [6, 6.07) is 13.3. The number of fused-ring (bicyclic) bond motifs is 1. The van der Waals surface area contributed by atoms with Gasteiger partial charge >= 0.3 is 0 Å². The van der Waals surface area contributed by atoms with Gasteiger partial charge in [0.2, 0.25) is 0 Å². The van der Waals surface area contributed by atoms with Crippen LogP contribution in [0.25, 0.3) is 0 Å². The summed E-state index contributed by atoms with van der Waals surface area (Å²) in [5.41, 5.74) is 3.01. The van der Waals surface area contributed by atoms with Crippen molar-refractivity contribution >= 4 is 11.6 Å². The minimum Gasteiger partial charge on any atom is -0.493 e. The first kappa shape index (κ1) is 13.5. The fourth-order valence-corrected chi connectivity index (χ4v) is 2.32. The second-order valence-corrected chi connectivity index (χ2v) is 5.07. The minimum atomic E-state index is -0.171. The van der Waals surface area contributed by atoms with Crippen molar-refractivity contribution in [2.75, 3.05) is 18.5 Å². The van der Waals surface area contributed by atoms with Crippen LogP contribution in [0.15, 0.2) is 42.5 Å². The Hall–Kier alpha value is -2.49. The van der Waals surface area contributed by atoms with Crippen molar-refractivity contribution in [1.29, 1.82) is 0 Å². The molecule has 1 aliphatic heterocycles. The van der Waals surface area contributed by atoms with Gasteiger partial charge in [-0.2, -0.15) is 0 Å². The molecule has 0 atom stereocenters. The number of anilines is 1. The molecule has 0 fully saturated rings. The molecule has 1 heterocycles. The maximum Gasteiger partial charge on any atom is 0.262 e. The monoisotopic (exact) mass is 283 g/mol. The quantitative estimate of drug-likeness (QED) is 0.938. The van der Waals surface area contributed by atoms with E-state index in [9.17, 15) is 4.79 Å². The number of carbonyl (C=O) groups excluding carboxylic acids is 1. The molecule has 108 valence electrons. The number of carbonyl (C=O) groups is 1. The SMILES string of the molecule is Cc1cccc(OCC(=O)Nc2ccc3c(c2)CCO3)c1. The molecule has 0 saturated heterocycles. The number of nitrogens with one attached hydrogen (secondary N) is 1. The van der Waals surface area contributed by atoms with E-state index in [1.165, 1.54) is 0 Å². The van der Waals surface area contributed by atoms with E-state index in [1.807, 2.05) is 49.4 Å². The Morgan fingerprint density at radius 2 is 2.19 bits per heavy atom. The lowest BCUT2D eigenvalue weighted by molar-refractivity contribution is -0.118. The second-order valence-electron chi connectivity index (χ2n) is 5.07. The summed E-state index contributed by atoms with van der Waals surface area (Å²) in [5, 5.41) is 2.84. The third-order valence-electron chi connectivity index (χ3n) is 3.33. The topological polar surface area (TPSA) is 47.6 Å². The summed E-state index contributed by atoms with van der Waals surface area (Å²) in [5.74, 6) is 1.44. The van der Waals surface area contributed by atoms with Gasteiger partial charge in [0.05, 0.1) is 6.61 Å². The van der Waals surface area contributed by atoms with Crippen LogP contribution < -0.4 is 14.8 Å². The number of amides is 1. The van der Waals surface area contributed by atoms with Crippen LogP contribution in [0.1, 0.15) is 11.1 Å². The fourth-order valence-electron chi connectivity index (χ4n) is 2.32. The highest BCUT2D eigenvalue weighted by Gasteiger charge is 2.13. The van der Waals surface area contributed by atoms with Crippen LogP contribution in [0.4, 0.5) is 5.69 Å². The van der Waals surface area contributed by atoms with E-state index in [2.05, 4.69) is 5.32 Å². The van der Waals surface area contributed by atoms with Crippen LogP contribution in [0.3, 0.4) is 0 Å². The first-order chi connectivity index (χ1) is 10.2. The first-order valence-corrected chi connectivity index (χ1v) is 6.96. The van der Waals surface area contributed by atoms with Crippen molar-refractivity contribution in [3.05, 3.63) is 53.6 Å². The summed E-state index contributed by atoms with van der Waals surface area (Å²) >= 11 is 0. The predicted molar refractivity (Wildman–Crippen MR) is 80.9 cm³/mol. The highest BCUT2D eigenvalue weighted by molar-refractivity contribution is 5.92. The van der Waals surface area contributed by atoms with Gasteiger partial charge in [0.1, 0.15) is 11.5 Å². The number of aryl methyl sites for hydroxylation is 1. The van der Waals surface area contributed by atoms with Crippen LogP contribution in [0, 0.1) is 6.92 Å². The van der Waals surface area contributed by atoms with Crippen molar-refractivity contribution in [3.63, 3.8) is 0 Å². The maximum absolute atomic E-state index is 11.9. The highest BCUT2D eigenvalue weighted by atomic mass is 16.5. The van der Waals surface area contributed by atoms with Crippen LogP contribution >= 0.6 is 0 Å². The average Bonchev–Trinajstić information content (AvgIpc) is 2.93. The fraction of sp³-hybridized carbons (Fsp3) is 0.235. The number of benzene rings is 2. The summed E-state index contributed by atoms with van der Waals surface area (Å²) < 4.78 is 10.9. The molecule has 0 unspecified atom stereocenters. The lowest BCUT2D eigenvalue weighted by Crippen LogP contribution is -2.20. The summed E-state index contributed by atoms with van der Waals surface area (Å²) in [6.45, 7) is 2.69. The Labute approximate surface area is 123 Å². The van der Waals surface area contributed by atoms with Gasteiger partial charge in [0, 0.05) is 12.1 Å². The van der Waals surface area contributed by atoms with Gasteiger partial charge in [-0.3, -0.25) is 4.79 Å². The Morgan fingerprint density at radius 1 is 1.29 bits per heavy atom. The first-order valence-electron chi connectivity index (χ1n) is 6.96. The van der Waals surface area contributed by atoms with Gasteiger partial charge < -0.3 is 14.8 Å². The summed E-state index contributed by atoms with van der Waals surface area (Å²) in [7, 11) is 0. The molecule has 1 aliphatic rings. The Kier molecular flexibility index (Phi) is 3.77. The molecule has 2 aromatic carbocycles. The predicted octanol–water partition coefficient (Wildman–Crippen LogP) is 2.95. The minimum absolute atomic E-state index is 0.00294. The molecule has 21 heavy (non-hydrogen) atoms. The summed E-state index contributed by atoms with van der Waals surface area (Å²) in [6.07, 6.45) is 0.888. The molecule has 0 spiro atoms. The van der Waals surface area contributed by atoms with Gasteiger partial charge in [-0.05, 0) is 48.4 Å². The number of rotatable bonds is 4. The molecule has 1 amide bonds. The summed E-state index contributed by atoms with van der Waals surface area (Å²) in [4.78, 5) is 11.9. The van der Waals surface area contributed by atoms with Crippen molar-refractivity contribution in [3.8, 4) is 11.5 Å². The zero-order valence-electron chi connectivity index (χ0n) is 11.9. The molecule has 0 bridgehead atoms. The normalized spacial score (nSPS) is 12.4. The lowest BCUT2D eigenvalue weighted by Gasteiger charge is -2.09. The van der Waals surface area contributed by atoms with E-state index in [0.29, 0.717) is 12.4 Å². The number of hydrogen-bond acceptors (Lipinski definition) is 3. The number of hydrogen-bond donors (Lipinski definition) is 1. The van der Waals surface area contributed by atoms with Crippen LogP contribution in [-0.2, 0) is 11.2 Å². The van der Waals surface area contributed by atoms with Gasteiger partial charge in [0.15, 0.2) is 6.61 Å². The molecule has 0 saturated carbocycles. The molecule has 2 aromatic rings. The van der Waals surface area contributed by atoms with E-state index in [-0.39, 0.29) is 12.5 Å². The van der Waals surface area contributed by atoms with Crippen molar-refractivity contribution < 1.29 is 14.3 Å². The third-order valence-corrected chi connectivity index (χ3v) is 3.33. The molecular formula is C17H17NO3. The maximum atomic E-state index is 11.9. The van der Waals surface area contributed by atoms with E-state index in [4.69, 9.17) is 9.47 Å². The zero-order chi connectivity index (χ0) is 14.7. The van der Waals surface area contributed by atoms with E-state index >= 15 is 0 Å². The van der Waals surface area contributed by atoms with E-state index < -0.39 is 0 Å². The van der Waals surface area contributed by atoms with Crippen molar-refractivity contribution in [2.24, 2.45) is 0 Å². The molecule has 4 nitrogen and oxygen atoms in total.